The standard InChI is InChI=1S/C21H25N3O3/c25-20(23-12-6-9-16(14-23)21(26)27)18-13-22-24(17-10-4-5-11-17)19(18)15-7-2-1-3-8-15/h1-3,7-8,13,16-17H,4-6,9-12,14H2,(H,26,27)/t16-/m0/s1. The maximum absolute atomic E-state index is 13.3. The Hall–Kier alpha value is -2.63. The molecule has 27 heavy (non-hydrogen) atoms. The molecule has 2 heterocycles. The molecular weight excluding hydrogens is 342 g/mol. The van der Waals surface area contributed by atoms with Crippen LogP contribution in [0.2, 0.25) is 0 Å². The van der Waals surface area contributed by atoms with Crippen LogP contribution in [-0.2, 0) is 4.79 Å². The summed E-state index contributed by atoms with van der Waals surface area (Å²) in [5.74, 6) is -1.41. The van der Waals surface area contributed by atoms with Crippen LogP contribution in [0.5, 0.6) is 0 Å². The van der Waals surface area contributed by atoms with Crippen molar-refractivity contribution in [1.29, 1.82) is 0 Å². The van der Waals surface area contributed by atoms with Gasteiger partial charge in [0.25, 0.3) is 5.91 Å². The second-order valence-corrected chi connectivity index (χ2v) is 7.58. The van der Waals surface area contributed by atoms with Crippen molar-refractivity contribution >= 4 is 11.9 Å². The summed E-state index contributed by atoms with van der Waals surface area (Å²) < 4.78 is 2.02. The maximum atomic E-state index is 13.3. The van der Waals surface area contributed by atoms with Gasteiger partial charge in [-0.25, -0.2) is 0 Å². The van der Waals surface area contributed by atoms with E-state index < -0.39 is 11.9 Å². The lowest BCUT2D eigenvalue weighted by Gasteiger charge is -2.30. The number of piperidine rings is 1. The number of hydrogen-bond donors (Lipinski definition) is 1. The third-order valence-corrected chi connectivity index (χ3v) is 5.80. The number of nitrogens with zero attached hydrogens (tertiary/aromatic N) is 3. The highest BCUT2D eigenvalue weighted by Crippen LogP contribution is 2.35. The van der Waals surface area contributed by atoms with Gasteiger partial charge in [-0.15, -0.1) is 0 Å². The van der Waals surface area contributed by atoms with Gasteiger partial charge in [-0.3, -0.25) is 14.3 Å². The van der Waals surface area contributed by atoms with Crippen molar-refractivity contribution in [2.24, 2.45) is 5.92 Å². The topological polar surface area (TPSA) is 75.4 Å². The van der Waals surface area contributed by atoms with E-state index in [1.165, 1.54) is 12.8 Å². The van der Waals surface area contributed by atoms with Gasteiger partial charge in [-0.1, -0.05) is 43.2 Å². The van der Waals surface area contributed by atoms with Crippen LogP contribution in [0, 0.1) is 5.92 Å². The first kappa shape index (κ1) is 17.8. The molecule has 0 spiro atoms. The summed E-state index contributed by atoms with van der Waals surface area (Å²) in [6.07, 6.45) is 7.57. The van der Waals surface area contributed by atoms with Crippen molar-refractivity contribution in [1.82, 2.24) is 14.7 Å². The Morgan fingerprint density at radius 3 is 2.48 bits per heavy atom. The predicted molar refractivity (Wildman–Crippen MR) is 101 cm³/mol. The molecule has 1 saturated heterocycles. The minimum absolute atomic E-state index is 0.107. The Labute approximate surface area is 158 Å². The Kier molecular flexibility index (Phi) is 4.97. The average molecular weight is 367 g/mol. The highest BCUT2D eigenvalue weighted by atomic mass is 16.4. The fourth-order valence-electron chi connectivity index (χ4n) is 4.36. The molecule has 1 aromatic heterocycles. The molecule has 1 aromatic carbocycles. The third kappa shape index (κ3) is 3.48. The smallest absolute Gasteiger partial charge is 0.308 e. The molecule has 1 atom stereocenters. The van der Waals surface area contributed by atoms with E-state index in [-0.39, 0.29) is 12.5 Å². The van der Waals surface area contributed by atoms with E-state index in [1.807, 2.05) is 35.0 Å². The highest BCUT2D eigenvalue weighted by Gasteiger charge is 2.32. The molecule has 142 valence electrons. The number of aromatic nitrogens is 2. The van der Waals surface area contributed by atoms with Gasteiger partial charge in [0.15, 0.2) is 0 Å². The lowest BCUT2D eigenvalue weighted by atomic mass is 9.97. The van der Waals surface area contributed by atoms with Crippen LogP contribution in [0.4, 0.5) is 0 Å². The first-order chi connectivity index (χ1) is 13.1. The van der Waals surface area contributed by atoms with Gasteiger partial charge in [0.2, 0.25) is 0 Å². The summed E-state index contributed by atoms with van der Waals surface area (Å²) in [5, 5.41) is 13.9. The molecule has 2 fully saturated rings. The van der Waals surface area contributed by atoms with E-state index >= 15 is 0 Å². The molecule has 1 aliphatic heterocycles. The monoisotopic (exact) mass is 367 g/mol. The highest BCUT2D eigenvalue weighted by molar-refractivity contribution is 6.00. The summed E-state index contributed by atoms with van der Waals surface area (Å²) >= 11 is 0. The van der Waals surface area contributed by atoms with Gasteiger partial charge in [0.05, 0.1) is 29.4 Å². The fraction of sp³-hybridized carbons (Fsp3) is 0.476. The summed E-state index contributed by atoms with van der Waals surface area (Å²) in [4.78, 5) is 26.3. The third-order valence-electron chi connectivity index (χ3n) is 5.80. The van der Waals surface area contributed by atoms with Crippen molar-refractivity contribution in [2.45, 2.75) is 44.6 Å². The van der Waals surface area contributed by atoms with Crippen molar-refractivity contribution in [3.63, 3.8) is 0 Å². The molecule has 6 nitrogen and oxygen atoms in total. The van der Waals surface area contributed by atoms with Gasteiger partial charge >= 0.3 is 5.97 Å². The Balaban J connectivity index is 1.70. The summed E-state index contributed by atoms with van der Waals surface area (Å²) in [5.41, 5.74) is 2.43. The predicted octanol–water partition coefficient (Wildman–Crippen LogP) is 3.60. The molecule has 1 saturated carbocycles. The Morgan fingerprint density at radius 2 is 1.78 bits per heavy atom. The van der Waals surface area contributed by atoms with E-state index in [0.29, 0.717) is 24.6 Å². The zero-order valence-electron chi connectivity index (χ0n) is 15.4. The fourth-order valence-corrected chi connectivity index (χ4v) is 4.36. The zero-order valence-corrected chi connectivity index (χ0v) is 15.4. The lowest BCUT2D eigenvalue weighted by molar-refractivity contribution is -0.143. The Bertz CT molecular complexity index is 824. The quantitative estimate of drug-likeness (QED) is 0.896. The number of rotatable bonds is 4. The van der Waals surface area contributed by atoms with Crippen molar-refractivity contribution in [3.8, 4) is 11.3 Å². The molecule has 0 bridgehead atoms. The molecule has 6 heteroatoms. The van der Waals surface area contributed by atoms with E-state index in [0.717, 1.165) is 30.5 Å². The van der Waals surface area contributed by atoms with Crippen molar-refractivity contribution in [3.05, 3.63) is 42.1 Å². The molecule has 2 aromatic rings. The molecule has 1 amide bonds. The second-order valence-electron chi connectivity index (χ2n) is 7.58. The maximum Gasteiger partial charge on any atom is 0.308 e. The second kappa shape index (κ2) is 7.55. The number of aliphatic carboxylic acids is 1. The Morgan fingerprint density at radius 1 is 1.04 bits per heavy atom. The average Bonchev–Trinajstić information content (AvgIpc) is 3.37. The first-order valence-corrected chi connectivity index (χ1v) is 9.80. The van der Waals surface area contributed by atoms with E-state index in [9.17, 15) is 14.7 Å². The molecule has 1 N–H and O–H groups in total. The van der Waals surface area contributed by atoms with Crippen LogP contribution >= 0.6 is 0 Å². The van der Waals surface area contributed by atoms with Gasteiger partial charge in [0, 0.05) is 18.7 Å². The van der Waals surface area contributed by atoms with Gasteiger partial charge in [-0.2, -0.15) is 5.10 Å². The molecule has 2 aliphatic rings. The number of hydrogen-bond acceptors (Lipinski definition) is 3. The minimum Gasteiger partial charge on any atom is -0.481 e. The molecule has 0 radical (unpaired) electrons. The van der Waals surface area contributed by atoms with Crippen molar-refractivity contribution in [2.75, 3.05) is 13.1 Å². The number of carboxylic acid groups (broad SMARTS) is 1. The molecule has 1 aliphatic carbocycles. The van der Waals surface area contributed by atoms with Crippen LogP contribution in [-0.4, -0.2) is 44.8 Å². The lowest BCUT2D eigenvalue weighted by Crippen LogP contribution is -2.42. The van der Waals surface area contributed by atoms with E-state index in [4.69, 9.17) is 0 Å². The largest absolute Gasteiger partial charge is 0.481 e. The minimum atomic E-state index is -0.822. The van der Waals surface area contributed by atoms with Crippen LogP contribution in [0.3, 0.4) is 0 Å². The SMILES string of the molecule is O=C(O)[C@H]1CCCN(C(=O)c2cnn(C3CCCC3)c2-c2ccccc2)C1. The van der Waals surface area contributed by atoms with Gasteiger partial charge in [0.1, 0.15) is 0 Å². The number of carboxylic acids is 1. The van der Waals surface area contributed by atoms with Gasteiger partial charge in [-0.05, 0) is 25.7 Å². The van der Waals surface area contributed by atoms with Crippen LogP contribution in [0.1, 0.15) is 54.9 Å². The molecule has 0 unspecified atom stereocenters. The summed E-state index contributed by atoms with van der Waals surface area (Å²) in [6.45, 7) is 0.877. The van der Waals surface area contributed by atoms with Crippen molar-refractivity contribution < 1.29 is 14.7 Å². The van der Waals surface area contributed by atoms with E-state index in [2.05, 4.69) is 5.10 Å². The van der Waals surface area contributed by atoms with E-state index in [1.54, 1.807) is 11.1 Å². The van der Waals surface area contributed by atoms with Crippen LogP contribution < -0.4 is 0 Å². The molecule has 4 rings (SSSR count). The summed E-state index contributed by atoms with van der Waals surface area (Å²) in [6, 6.07) is 10.2. The van der Waals surface area contributed by atoms with Gasteiger partial charge < -0.3 is 10.0 Å². The summed E-state index contributed by atoms with van der Waals surface area (Å²) in [7, 11) is 0. The number of benzene rings is 1. The number of carbonyl (C=O) groups is 2. The molecular formula is C21H25N3O3. The first-order valence-electron chi connectivity index (χ1n) is 9.80. The number of likely N-dealkylation sites (tertiary alicyclic amines) is 1. The zero-order chi connectivity index (χ0) is 18.8. The van der Waals surface area contributed by atoms with Crippen LogP contribution in [0.25, 0.3) is 11.3 Å². The number of amides is 1. The normalized spacial score (nSPS) is 20.7. The van der Waals surface area contributed by atoms with Crippen LogP contribution in [0.15, 0.2) is 36.5 Å². The number of carbonyl (C=O) groups excluding carboxylic acids is 1.